The lowest BCUT2D eigenvalue weighted by Gasteiger charge is -2.11. The van der Waals surface area contributed by atoms with Gasteiger partial charge in [-0.15, -0.1) is 0 Å². The molecule has 1 heterocycles. The van der Waals surface area contributed by atoms with Crippen molar-refractivity contribution in [2.24, 2.45) is 0 Å². The third-order valence-electron chi connectivity index (χ3n) is 4.30. The van der Waals surface area contributed by atoms with Crippen molar-refractivity contribution >= 4 is 17.7 Å². The Morgan fingerprint density at radius 3 is 2.00 bits per heavy atom. The van der Waals surface area contributed by atoms with Crippen LogP contribution in [0.1, 0.15) is 34.7 Å². The Morgan fingerprint density at radius 1 is 0.893 bits per heavy atom. The van der Waals surface area contributed by atoms with Crippen LogP contribution in [0.3, 0.4) is 0 Å². The first-order chi connectivity index (χ1) is 13.0. The van der Waals surface area contributed by atoms with Crippen LogP contribution in [0.5, 0.6) is 0 Å². The molecule has 0 N–H and O–H groups in total. The van der Waals surface area contributed by atoms with Gasteiger partial charge in [0, 0.05) is 0 Å². The van der Waals surface area contributed by atoms with Crippen molar-refractivity contribution in [2.75, 3.05) is 6.61 Å². The van der Waals surface area contributed by atoms with Crippen molar-refractivity contribution in [3.8, 4) is 0 Å². The average Bonchev–Trinajstić information content (AvgIpc) is 3.43. The molecule has 1 nitrogen and oxygen atoms in total. The minimum Gasteiger partial charge on any atom is -0.369 e. The fourth-order valence-corrected chi connectivity index (χ4v) is 2.64. The topological polar surface area (TPSA) is 12.5 Å². The van der Waals surface area contributed by atoms with E-state index in [4.69, 9.17) is 4.74 Å². The van der Waals surface area contributed by atoms with Gasteiger partial charge in [0.05, 0.1) is 23.8 Å². The first-order valence-corrected chi connectivity index (χ1v) is 8.41. The van der Waals surface area contributed by atoms with Crippen molar-refractivity contribution in [1.82, 2.24) is 0 Å². The predicted molar refractivity (Wildman–Crippen MR) is 95.2 cm³/mol. The van der Waals surface area contributed by atoms with E-state index in [9.17, 15) is 26.3 Å². The van der Waals surface area contributed by atoms with Gasteiger partial charge in [-0.3, -0.25) is 0 Å². The van der Waals surface area contributed by atoms with E-state index in [1.807, 2.05) is 0 Å². The summed E-state index contributed by atoms with van der Waals surface area (Å²) in [5, 5.41) is 0. The number of ether oxygens (including phenoxy) is 1. The number of hydrogen-bond donors (Lipinski definition) is 0. The van der Waals surface area contributed by atoms with Gasteiger partial charge in [-0.05, 0) is 53.5 Å². The molecule has 0 aromatic heterocycles. The van der Waals surface area contributed by atoms with Gasteiger partial charge < -0.3 is 4.74 Å². The summed E-state index contributed by atoms with van der Waals surface area (Å²) in [5.74, 6) is 0. The van der Waals surface area contributed by atoms with Gasteiger partial charge in [0.15, 0.2) is 0 Å². The van der Waals surface area contributed by atoms with Crippen molar-refractivity contribution < 1.29 is 31.1 Å². The summed E-state index contributed by atoms with van der Waals surface area (Å²) in [7, 11) is 0. The maximum absolute atomic E-state index is 13.1. The molecule has 0 spiro atoms. The van der Waals surface area contributed by atoms with Crippen molar-refractivity contribution in [3.63, 3.8) is 0 Å². The zero-order valence-corrected chi connectivity index (χ0v) is 14.7. The highest BCUT2D eigenvalue weighted by atomic mass is 19.4. The van der Waals surface area contributed by atoms with E-state index in [-0.39, 0.29) is 6.10 Å². The zero-order valence-electron chi connectivity index (χ0n) is 14.7. The van der Waals surface area contributed by atoms with E-state index < -0.39 is 23.5 Å². The molecule has 3 rings (SSSR count). The summed E-state index contributed by atoms with van der Waals surface area (Å²) in [5.41, 5.74) is 0.352. The van der Waals surface area contributed by atoms with Crippen LogP contribution in [0.25, 0.3) is 17.7 Å². The molecule has 1 saturated heterocycles. The van der Waals surface area contributed by atoms with Crippen LogP contribution >= 0.6 is 0 Å². The summed E-state index contributed by atoms with van der Waals surface area (Å²) in [6.07, 6.45) is -4.00. The van der Waals surface area contributed by atoms with Crippen molar-refractivity contribution in [1.29, 1.82) is 0 Å². The Labute approximate surface area is 157 Å². The normalized spacial score (nSPS) is 18.0. The lowest BCUT2D eigenvalue weighted by molar-refractivity contribution is -0.138. The molecule has 0 saturated carbocycles. The molecule has 1 aliphatic rings. The van der Waals surface area contributed by atoms with Crippen LogP contribution in [0.4, 0.5) is 26.3 Å². The van der Waals surface area contributed by atoms with Crippen LogP contribution in [-0.4, -0.2) is 12.7 Å². The van der Waals surface area contributed by atoms with Gasteiger partial charge in [0.1, 0.15) is 0 Å². The SMILES string of the molecule is CC(=Cc1cc(C(F)(F)F)ccc1C=CC1CO1)c1ccc(C(F)(F)F)cc1. The molecule has 1 fully saturated rings. The number of alkyl halides is 6. The van der Waals surface area contributed by atoms with E-state index in [0.29, 0.717) is 28.9 Å². The predicted octanol–water partition coefficient (Wildman–Crippen LogP) is 6.70. The highest BCUT2D eigenvalue weighted by molar-refractivity contribution is 5.83. The standard InChI is InChI=1S/C21H16F6O/c1-13(14-2-6-17(7-3-14)20(22,23)24)10-16-11-18(21(25,26)27)8-4-15(16)5-9-19-12-28-19/h2-11,19H,12H2,1H3. The maximum atomic E-state index is 13.1. The second-order valence-electron chi connectivity index (χ2n) is 6.47. The van der Waals surface area contributed by atoms with Gasteiger partial charge in [0.25, 0.3) is 0 Å². The first-order valence-electron chi connectivity index (χ1n) is 8.41. The smallest absolute Gasteiger partial charge is 0.369 e. The summed E-state index contributed by atoms with van der Waals surface area (Å²) < 4.78 is 82.4. The minimum absolute atomic E-state index is 0.0323. The van der Waals surface area contributed by atoms with Crippen LogP contribution in [0.15, 0.2) is 48.5 Å². The summed E-state index contributed by atoms with van der Waals surface area (Å²) in [4.78, 5) is 0. The molecule has 28 heavy (non-hydrogen) atoms. The first kappa shape index (κ1) is 20.2. The number of benzene rings is 2. The Hall–Kier alpha value is -2.54. The second-order valence-corrected chi connectivity index (χ2v) is 6.47. The van der Waals surface area contributed by atoms with Gasteiger partial charge in [-0.25, -0.2) is 0 Å². The molecular formula is C21H16F6O. The second kappa shape index (κ2) is 7.47. The van der Waals surface area contributed by atoms with E-state index >= 15 is 0 Å². The molecule has 0 amide bonds. The largest absolute Gasteiger partial charge is 0.416 e. The van der Waals surface area contributed by atoms with Gasteiger partial charge >= 0.3 is 12.4 Å². The molecular weight excluding hydrogens is 382 g/mol. The molecule has 1 aliphatic heterocycles. The van der Waals surface area contributed by atoms with E-state index in [1.54, 1.807) is 19.1 Å². The number of epoxide rings is 1. The average molecular weight is 398 g/mol. The minimum atomic E-state index is -4.49. The lowest BCUT2D eigenvalue weighted by atomic mass is 9.98. The molecule has 2 aromatic carbocycles. The third kappa shape index (κ3) is 5.04. The third-order valence-corrected chi connectivity index (χ3v) is 4.30. The Bertz CT molecular complexity index is 900. The molecule has 0 radical (unpaired) electrons. The van der Waals surface area contributed by atoms with Crippen molar-refractivity contribution in [3.05, 3.63) is 76.4 Å². The van der Waals surface area contributed by atoms with Gasteiger partial charge in [-0.2, -0.15) is 26.3 Å². The lowest BCUT2D eigenvalue weighted by Crippen LogP contribution is -2.05. The molecule has 1 atom stereocenters. The summed E-state index contributed by atoms with van der Waals surface area (Å²) in [6.45, 7) is 2.22. The van der Waals surface area contributed by atoms with E-state index in [1.165, 1.54) is 24.3 Å². The number of halogens is 6. The van der Waals surface area contributed by atoms with Crippen LogP contribution in [0.2, 0.25) is 0 Å². The van der Waals surface area contributed by atoms with E-state index in [0.717, 1.165) is 24.3 Å². The van der Waals surface area contributed by atoms with Crippen LogP contribution < -0.4 is 0 Å². The fourth-order valence-electron chi connectivity index (χ4n) is 2.64. The number of hydrogen-bond acceptors (Lipinski definition) is 1. The molecule has 148 valence electrons. The molecule has 1 unspecified atom stereocenters. The maximum Gasteiger partial charge on any atom is 0.416 e. The highest BCUT2D eigenvalue weighted by Crippen LogP contribution is 2.33. The van der Waals surface area contributed by atoms with Gasteiger partial charge in [0.2, 0.25) is 0 Å². The zero-order chi connectivity index (χ0) is 20.5. The van der Waals surface area contributed by atoms with E-state index in [2.05, 4.69) is 0 Å². The Morgan fingerprint density at radius 2 is 1.46 bits per heavy atom. The number of rotatable bonds is 4. The van der Waals surface area contributed by atoms with Gasteiger partial charge in [-0.1, -0.05) is 36.4 Å². The fraction of sp³-hybridized carbons (Fsp3) is 0.238. The Kier molecular flexibility index (Phi) is 5.39. The van der Waals surface area contributed by atoms with Crippen LogP contribution in [-0.2, 0) is 17.1 Å². The summed E-state index contributed by atoms with van der Waals surface area (Å²) in [6, 6.07) is 7.90. The molecule has 0 bridgehead atoms. The Balaban J connectivity index is 1.97. The molecule has 7 heteroatoms. The van der Waals surface area contributed by atoms with Crippen LogP contribution in [0, 0.1) is 0 Å². The highest BCUT2D eigenvalue weighted by Gasteiger charge is 2.31. The summed E-state index contributed by atoms with van der Waals surface area (Å²) >= 11 is 0. The van der Waals surface area contributed by atoms with Crippen molar-refractivity contribution in [2.45, 2.75) is 25.4 Å². The number of allylic oxidation sites excluding steroid dienone is 1. The molecule has 2 aromatic rings. The molecule has 0 aliphatic carbocycles. The monoisotopic (exact) mass is 398 g/mol. The quantitative estimate of drug-likeness (QED) is 0.317.